The van der Waals surface area contributed by atoms with Crippen LogP contribution < -0.4 is 0 Å². The molecule has 2 aromatic carbocycles. The lowest BCUT2D eigenvalue weighted by Gasteiger charge is -2.07. The summed E-state index contributed by atoms with van der Waals surface area (Å²) < 4.78 is 5.31. The predicted octanol–water partition coefficient (Wildman–Crippen LogP) is 7.37. The average molecular weight is 385 g/mol. The summed E-state index contributed by atoms with van der Waals surface area (Å²) in [6, 6.07) is 16.4. The van der Waals surface area contributed by atoms with Gasteiger partial charge in [-0.1, -0.05) is 70.2 Å². The smallest absolute Gasteiger partial charge is 0.338 e. The highest BCUT2D eigenvalue weighted by Crippen LogP contribution is 2.25. The first-order valence-corrected chi connectivity index (χ1v) is 11.2. The van der Waals surface area contributed by atoms with Crippen molar-refractivity contribution in [2.75, 3.05) is 12.4 Å². The Morgan fingerprint density at radius 3 is 2.00 bits per heavy atom. The first-order valence-electron chi connectivity index (χ1n) is 10.2. The van der Waals surface area contributed by atoms with Crippen molar-refractivity contribution in [1.82, 2.24) is 0 Å². The molecule has 0 heterocycles. The minimum absolute atomic E-state index is 0.229. The summed E-state index contributed by atoms with van der Waals surface area (Å²) in [5.74, 6) is 0.960. The van der Waals surface area contributed by atoms with Crippen LogP contribution >= 0.6 is 11.8 Å². The van der Waals surface area contributed by atoms with E-state index >= 15 is 0 Å². The monoisotopic (exact) mass is 384 g/mol. The van der Waals surface area contributed by atoms with Crippen molar-refractivity contribution < 1.29 is 9.53 Å². The lowest BCUT2D eigenvalue weighted by atomic mass is 10.0. The maximum absolute atomic E-state index is 12.0. The third kappa shape index (κ3) is 7.80. The van der Waals surface area contributed by atoms with Gasteiger partial charge in [0.25, 0.3) is 0 Å². The second-order valence-corrected chi connectivity index (χ2v) is 8.02. The highest BCUT2D eigenvalue weighted by Gasteiger charge is 2.07. The van der Waals surface area contributed by atoms with Crippen LogP contribution in [0.5, 0.6) is 0 Å². The molecule has 3 heteroatoms. The summed E-state index contributed by atoms with van der Waals surface area (Å²) in [6.07, 6.45) is 8.40. The van der Waals surface area contributed by atoms with Gasteiger partial charge in [0.2, 0.25) is 0 Å². The molecule has 0 aliphatic rings. The van der Waals surface area contributed by atoms with Crippen LogP contribution in [0.15, 0.2) is 53.4 Å². The van der Waals surface area contributed by atoms with Gasteiger partial charge in [0.1, 0.15) is 0 Å². The number of hydrogen-bond donors (Lipinski definition) is 0. The Bertz CT molecular complexity index is 662. The Balaban J connectivity index is 1.84. The zero-order valence-corrected chi connectivity index (χ0v) is 17.5. The van der Waals surface area contributed by atoms with Crippen molar-refractivity contribution in [1.29, 1.82) is 0 Å². The highest BCUT2D eigenvalue weighted by atomic mass is 32.2. The highest BCUT2D eigenvalue weighted by molar-refractivity contribution is 7.99. The third-order valence-corrected chi connectivity index (χ3v) is 5.65. The Labute approximate surface area is 168 Å². The van der Waals surface area contributed by atoms with Crippen LogP contribution in [0.1, 0.15) is 69.2 Å². The quantitative estimate of drug-likeness (QED) is 0.217. The predicted molar refractivity (Wildman–Crippen MR) is 117 cm³/mol. The zero-order valence-electron chi connectivity index (χ0n) is 16.7. The molecule has 0 fully saturated rings. The van der Waals surface area contributed by atoms with Gasteiger partial charge in [0, 0.05) is 4.90 Å². The van der Waals surface area contributed by atoms with Crippen LogP contribution in [0.25, 0.3) is 11.1 Å². The largest absolute Gasteiger partial charge is 0.462 e. The van der Waals surface area contributed by atoms with E-state index in [1.165, 1.54) is 41.9 Å². The Morgan fingerprint density at radius 2 is 1.37 bits per heavy atom. The van der Waals surface area contributed by atoms with Gasteiger partial charge in [-0.2, -0.15) is 0 Å². The molecule has 146 valence electrons. The van der Waals surface area contributed by atoms with E-state index in [2.05, 4.69) is 38.1 Å². The van der Waals surface area contributed by atoms with Gasteiger partial charge in [0.15, 0.2) is 0 Å². The van der Waals surface area contributed by atoms with Crippen LogP contribution in [0.3, 0.4) is 0 Å². The molecule has 2 rings (SSSR count). The van der Waals surface area contributed by atoms with E-state index in [1.807, 2.05) is 36.0 Å². The molecule has 0 bridgehead atoms. The zero-order chi connectivity index (χ0) is 19.3. The average Bonchev–Trinajstić information content (AvgIpc) is 2.71. The Kier molecular flexibility index (Phi) is 10.1. The van der Waals surface area contributed by atoms with Gasteiger partial charge in [-0.3, -0.25) is 0 Å². The fourth-order valence-electron chi connectivity index (χ4n) is 2.86. The van der Waals surface area contributed by atoms with Crippen molar-refractivity contribution >= 4 is 17.7 Å². The molecule has 0 N–H and O–H groups in total. The molecular formula is C24H32O2S. The lowest BCUT2D eigenvalue weighted by Crippen LogP contribution is -2.06. The standard InChI is InChI=1S/C24H32O2S/c1-3-5-7-9-19-27-23-16-14-21(15-17-23)20-10-12-22(13-11-20)24(25)26-18-8-6-4-2/h10-17H,3-9,18-19H2,1-2H3. The van der Waals surface area contributed by atoms with Crippen LogP contribution in [-0.4, -0.2) is 18.3 Å². The minimum atomic E-state index is -0.229. The number of ether oxygens (including phenoxy) is 1. The van der Waals surface area contributed by atoms with Crippen LogP contribution in [0.4, 0.5) is 0 Å². The van der Waals surface area contributed by atoms with E-state index in [1.54, 1.807) is 0 Å². The molecule has 0 spiro atoms. The molecule has 0 aliphatic carbocycles. The molecule has 27 heavy (non-hydrogen) atoms. The normalized spacial score (nSPS) is 10.7. The van der Waals surface area contributed by atoms with E-state index in [0.717, 1.165) is 24.8 Å². The number of esters is 1. The number of hydrogen-bond acceptors (Lipinski definition) is 3. The molecule has 0 aromatic heterocycles. The Hall–Kier alpha value is -1.74. The molecule has 0 aliphatic heterocycles. The van der Waals surface area contributed by atoms with Gasteiger partial charge in [-0.15, -0.1) is 11.8 Å². The molecule has 0 amide bonds. The fourth-order valence-corrected chi connectivity index (χ4v) is 3.77. The molecule has 0 unspecified atom stereocenters. The van der Waals surface area contributed by atoms with Gasteiger partial charge in [0.05, 0.1) is 12.2 Å². The van der Waals surface area contributed by atoms with E-state index in [9.17, 15) is 4.79 Å². The van der Waals surface area contributed by atoms with Crippen LogP contribution in [-0.2, 0) is 4.74 Å². The van der Waals surface area contributed by atoms with Crippen molar-refractivity contribution in [3.8, 4) is 11.1 Å². The van der Waals surface area contributed by atoms with E-state index in [4.69, 9.17) is 4.74 Å². The number of carbonyl (C=O) groups is 1. The first kappa shape index (κ1) is 21.6. The van der Waals surface area contributed by atoms with Crippen molar-refractivity contribution in [2.45, 2.75) is 63.7 Å². The number of unbranched alkanes of at least 4 members (excludes halogenated alkanes) is 5. The number of benzene rings is 2. The Morgan fingerprint density at radius 1 is 0.778 bits per heavy atom. The van der Waals surface area contributed by atoms with Crippen molar-refractivity contribution in [3.63, 3.8) is 0 Å². The SMILES string of the molecule is CCCCCCSc1ccc(-c2ccc(C(=O)OCCCCC)cc2)cc1. The summed E-state index contributed by atoms with van der Waals surface area (Å²) in [5, 5.41) is 0. The number of carbonyl (C=O) groups excluding carboxylic acids is 1. The fraction of sp³-hybridized carbons (Fsp3) is 0.458. The summed E-state index contributed by atoms with van der Waals surface area (Å²) in [5.41, 5.74) is 2.92. The molecule has 2 nitrogen and oxygen atoms in total. The van der Waals surface area contributed by atoms with Crippen molar-refractivity contribution in [3.05, 3.63) is 54.1 Å². The lowest BCUT2D eigenvalue weighted by molar-refractivity contribution is 0.0498. The summed E-state index contributed by atoms with van der Waals surface area (Å²) in [6.45, 7) is 4.89. The van der Waals surface area contributed by atoms with Gasteiger partial charge in [-0.25, -0.2) is 4.79 Å². The second kappa shape index (κ2) is 12.6. The first-order chi connectivity index (χ1) is 13.2. The molecule has 0 atom stereocenters. The summed E-state index contributed by atoms with van der Waals surface area (Å²) in [4.78, 5) is 13.4. The van der Waals surface area contributed by atoms with Gasteiger partial charge < -0.3 is 4.74 Å². The van der Waals surface area contributed by atoms with E-state index < -0.39 is 0 Å². The molecule has 0 radical (unpaired) electrons. The van der Waals surface area contributed by atoms with E-state index in [-0.39, 0.29) is 5.97 Å². The molecule has 0 saturated heterocycles. The second-order valence-electron chi connectivity index (χ2n) is 6.85. The number of rotatable bonds is 12. The van der Waals surface area contributed by atoms with Crippen LogP contribution in [0.2, 0.25) is 0 Å². The van der Waals surface area contributed by atoms with Gasteiger partial charge in [-0.05, 0) is 54.0 Å². The molecule has 2 aromatic rings. The third-order valence-electron chi connectivity index (χ3n) is 4.56. The van der Waals surface area contributed by atoms with Gasteiger partial charge >= 0.3 is 5.97 Å². The topological polar surface area (TPSA) is 26.3 Å². The minimum Gasteiger partial charge on any atom is -0.462 e. The van der Waals surface area contributed by atoms with Crippen LogP contribution in [0, 0.1) is 0 Å². The molecular weight excluding hydrogens is 352 g/mol. The number of thioether (sulfide) groups is 1. The summed E-state index contributed by atoms with van der Waals surface area (Å²) >= 11 is 1.93. The summed E-state index contributed by atoms with van der Waals surface area (Å²) in [7, 11) is 0. The maximum atomic E-state index is 12.0. The van der Waals surface area contributed by atoms with E-state index in [0.29, 0.717) is 12.2 Å². The maximum Gasteiger partial charge on any atom is 0.338 e. The van der Waals surface area contributed by atoms with Crippen molar-refractivity contribution in [2.24, 2.45) is 0 Å². The molecule has 0 saturated carbocycles.